The Morgan fingerprint density at radius 1 is 1.29 bits per heavy atom. The molecule has 0 radical (unpaired) electrons. The quantitative estimate of drug-likeness (QED) is 0.789. The summed E-state index contributed by atoms with van der Waals surface area (Å²) in [5, 5.41) is 13.0. The largest absolute Gasteiger partial charge is 0.478 e. The standard InChI is InChI=1S/C14H10FN3O3/c15-11-6-9(5-10(7-11)13(19)20)8-18-14(21)17-4-2-1-3-12(17)16-18/h1-7H,8H2,(H,19,20). The fourth-order valence-electron chi connectivity index (χ4n) is 2.11. The number of benzene rings is 1. The molecule has 2 heterocycles. The van der Waals surface area contributed by atoms with E-state index in [2.05, 4.69) is 5.10 Å². The fraction of sp³-hybridized carbons (Fsp3) is 0.0714. The molecule has 2 aromatic heterocycles. The zero-order chi connectivity index (χ0) is 15.0. The Labute approximate surface area is 117 Å². The van der Waals surface area contributed by atoms with Crippen molar-refractivity contribution in [2.45, 2.75) is 6.54 Å². The van der Waals surface area contributed by atoms with E-state index in [0.717, 1.165) is 10.7 Å². The van der Waals surface area contributed by atoms with Crippen molar-refractivity contribution < 1.29 is 14.3 Å². The first-order chi connectivity index (χ1) is 10.0. The molecule has 6 nitrogen and oxygen atoms in total. The number of hydrogen-bond donors (Lipinski definition) is 1. The van der Waals surface area contributed by atoms with E-state index < -0.39 is 11.8 Å². The molecule has 3 rings (SSSR count). The molecule has 0 spiro atoms. The van der Waals surface area contributed by atoms with E-state index in [9.17, 15) is 14.0 Å². The van der Waals surface area contributed by atoms with E-state index in [-0.39, 0.29) is 17.8 Å². The maximum absolute atomic E-state index is 13.4. The Kier molecular flexibility index (Phi) is 3.02. The third kappa shape index (κ3) is 2.40. The van der Waals surface area contributed by atoms with Crippen LogP contribution in [0.2, 0.25) is 0 Å². The summed E-state index contributed by atoms with van der Waals surface area (Å²) in [6, 6.07) is 8.55. The van der Waals surface area contributed by atoms with Gasteiger partial charge in [-0.2, -0.15) is 0 Å². The van der Waals surface area contributed by atoms with Crippen LogP contribution in [-0.4, -0.2) is 25.3 Å². The molecule has 1 N–H and O–H groups in total. The van der Waals surface area contributed by atoms with Gasteiger partial charge in [0.2, 0.25) is 0 Å². The molecule has 0 unspecified atom stereocenters. The molecule has 7 heteroatoms. The van der Waals surface area contributed by atoms with Gasteiger partial charge in [0.15, 0.2) is 5.65 Å². The van der Waals surface area contributed by atoms with E-state index >= 15 is 0 Å². The average molecular weight is 287 g/mol. The smallest absolute Gasteiger partial charge is 0.350 e. The van der Waals surface area contributed by atoms with Crippen molar-refractivity contribution in [3.8, 4) is 0 Å². The predicted octanol–water partition coefficient (Wildman–Crippen LogP) is 1.38. The number of hydrogen-bond acceptors (Lipinski definition) is 3. The number of nitrogens with zero attached hydrogens (tertiary/aromatic N) is 3. The van der Waals surface area contributed by atoms with Crippen LogP contribution < -0.4 is 5.69 Å². The molecule has 21 heavy (non-hydrogen) atoms. The summed E-state index contributed by atoms with van der Waals surface area (Å²) < 4.78 is 15.9. The highest BCUT2D eigenvalue weighted by atomic mass is 19.1. The first-order valence-electron chi connectivity index (χ1n) is 6.11. The zero-order valence-electron chi connectivity index (χ0n) is 10.7. The SMILES string of the molecule is O=C(O)c1cc(F)cc(Cn2nc3ccccn3c2=O)c1. The molecular weight excluding hydrogens is 277 g/mol. The van der Waals surface area contributed by atoms with Crippen molar-refractivity contribution >= 4 is 11.6 Å². The van der Waals surface area contributed by atoms with Crippen molar-refractivity contribution in [1.82, 2.24) is 14.2 Å². The molecule has 0 atom stereocenters. The number of aromatic carboxylic acids is 1. The molecule has 3 aromatic rings. The molecule has 0 bridgehead atoms. The normalized spacial score (nSPS) is 10.9. The second-order valence-corrected chi connectivity index (χ2v) is 4.52. The molecule has 0 amide bonds. The Hall–Kier alpha value is -2.96. The summed E-state index contributed by atoms with van der Waals surface area (Å²) in [5.74, 6) is -1.89. The Bertz CT molecular complexity index is 898. The van der Waals surface area contributed by atoms with Gasteiger partial charge < -0.3 is 5.11 Å². The van der Waals surface area contributed by atoms with Gasteiger partial charge >= 0.3 is 11.7 Å². The highest BCUT2D eigenvalue weighted by Gasteiger charge is 2.10. The van der Waals surface area contributed by atoms with E-state index in [4.69, 9.17) is 5.11 Å². The van der Waals surface area contributed by atoms with E-state index in [1.165, 1.54) is 16.5 Å². The van der Waals surface area contributed by atoms with E-state index in [0.29, 0.717) is 11.2 Å². The predicted molar refractivity (Wildman–Crippen MR) is 71.9 cm³/mol. The summed E-state index contributed by atoms with van der Waals surface area (Å²) >= 11 is 0. The van der Waals surface area contributed by atoms with E-state index in [1.54, 1.807) is 24.4 Å². The summed E-state index contributed by atoms with van der Waals surface area (Å²) in [4.78, 5) is 23.0. The number of fused-ring (bicyclic) bond motifs is 1. The molecule has 0 aliphatic carbocycles. The van der Waals surface area contributed by atoms with Crippen LogP contribution in [-0.2, 0) is 6.54 Å². The Morgan fingerprint density at radius 2 is 2.10 bits per heavy atom. The molecule has 1 aromatic carbocycles. The summed E-state index contributed by atoms with van der Waals surface area (Å²) in [7, 11) is 0. The zero-order valence-corrected chi connectivity index (χ0v) is 10.7. The number of rotatable bonds is 3. The fourth-order valence-corrected chi connectivity index (χ4v) is 2.11. The molecule has 0 saturated carbocycles. The minimum absolute atomic E-state index is 0.00144. The lowest BCUT2D eigenvalue weighted by molar-refractivity contribution is 0.0696. The minimum Gasteiger partial charge on any atom is -0.478 e. The van der Waals surface area contributed by atoms with Crippen molar-refractivity contribution in [1.29, 1.82) is 0 Å². The van der Waals surface area contributed by atoms with Crippen LogP contribution in [0, 0.1) is 5.82 Å². The lowest BCUT2D eigenvalue weighted by atomic mass is 10.1. The topological polar surface area (TPSA) is 76.6 Å². The Morgan fingerprint density at radius 3 is 2.81 bits per heavy atom. The lowest BCUT2D eigenvalue weighted by Gasteiger charge is -2.03. The number of carboxylic acid groups (broad SMARTS) is 1. The minimum atomic E-state index is -1.22. The van der Waals surface area contributed by atoms with E-state index in [1.807, 2.05) is 0 Å². The van der Waals surface area contributed by atoms with Crippen molar-refractivity contribution in [2.75, 3.05) is 0 Å². The first kappa shape index (κ1) is 13.0. The van der Waals surface area contributed by atoms with Crippen LogP contribution in [0.25, 0.3) is 5.65 Å². The van der Waals surface area contributed by atoms with Crippen LogP contribution in [0.15, 0.2) is 47.4 Å². The molecular formula is C14H10FN3O3. The highest BCUT2D eigenvalue weighted by Crippen LogP contribution is 2.10. The molecule has 0 fully saturated rings. The second kappa shape index (κ2) is 4.86. The van der Waals surface area contributed by atoms with Gasteiger partial charge in [-0.1, -0.05) is 6.07 Å². The third-order valence-corrected chi connectivity index (χ3v) is 3.03. The first-order valence-corrected chi connectivity index (χ1v) is 6.11. The molecule has 0 saturated heterocycles. The van der Waals surface area contributed by atoms with Crippen LogP contribution >= 0.6 is 0 Å². The highest BCUT2D eigenvalue weighted by molar-refractivity contribution is 5.87. The third-order valence-electron chi connectivity index (χ3n) is 3.03. The van der Waals surface area contributed by atoms with Crippen LogP contribution in [0.5, 0.6) is 0 Å². The summed E-state index contributed by atoms with van der Waals surface area (Å²) in [5.41, 5.74) is 0.295. The van der Waals surface area contributed by atoms with Gasteiger partial charge in [0, 0.05) is 6.20 Å². The molecule has 106 valence electrons. The van der Waals surface area contributed by atoms with Gasteiger partial charge in [-0.25, -0.2) is 18.7 Å². The number of pyridine rings is 1. The monoisotopic (exact) mass is 287 g/mol. The maximum atomic E-state index is 13.4. The number of carbonyl (C=O) groups is 1. The van der Waals surface area contributed by atoms with Crippen molar-refractivity contribution in [3.05, 3.63) is 70.0 Å². The molecule has 0 aliphatic rings. The van der Waals surface area contributed by atoms with Gasteiger partial charge in [0.1, 0.15) is 5.82 Å². The van der Waals surface area contributed by atoms with Crippen molar-refractivity contribution in [2.24, 2.45) is 0 Å². The van der Waals surface area contributed by atoms with Crippen LogP contribution in [0.3, 0.4) is 0 Å². The van der Waals surface area contributed by atoms with Crippen molar-refractivity contribution in [3.63, 3.8) is 0 Å². The maximum Gasteiger partial charge on any atom is 0.350 e. The number of halogens is 1. The van der Waals surface area contributed by atoms with Gasteiger partial charge in [0.05, 0.1) is 12.1 Å². The average Bonchev–Trinajstić information content (AvgIpc) is 2.75. The second-order valence-electron chi connectivity index (χ2n) is 4.52. The lowest BCUT2D eigenvalue weighted by Crippen LogP contribution is -2.21. The van der Waals surface area contributed by atoms with Crippen LogP contribution in [0.1, 0.15) is 15.9 Å². The van der Waals surface area contributed by atoms with Gasteiger partial charge in [-0.3, -0.25) is 4.40 Å². The summed E-state index contributed by atoms with van der Waals surface area (Å²) in [6.45, 7) is -0.00144. The van der Waals surface area contributed by atoms with Gasteiger partial charge in [-0.05, 0) is 35.9 Å². The Balaban J connectivity index is 2.04. The molecule has 0 aliphatic heterocycles. The van der Waals surface area contributed by atoms with Gasteiger partial charge in [-0.15, -0.1) is 5.10 Å². The number of carboxylic acids is 1. The van der Waals surface area contributed by atoms with Crippen LogP contribution in [0.4, 0.5) is 4.39 Å². The summed E-state index contributed by atoms with van der Waals surface area (Å²) in [6.07, 6.45) is 1.58. The number of aromatic nitrogens is 3. The van der Waals surface area contributed by atoms with Gasteiger partial charge in [0.25, 0.3) is 0 Å².